The van der Waals surface area contributed by atoms with Crippen LogP contribution in [0.25, 0.3) is 0 Å². The normalized spacial score (nSPS) is 39.5. The molecule has 0 radical (unpaired) electrons. The Labute approximate surface area is 141 Å². The van der Waals surface area contributed by atoms with Crippen LogP contribution in [0.15, 0.2) is 0 Å². The second-order valence-electron chi connectivity index (χ2n) is 6.62. The lowest BCUT2D eigenvalue weighted by atomic mass is 9.98. The van der Waals surface area contributed by atoms with E-state index in [2.05, 4.69) is 9.32 Å². The van der Waals surface area contributed by atoms with Crippen LogP contribution in [0.2, 0.25) is 0 Å². The summed E-state index contributed by atoms with van der Waals surface area (Å²) in [6, 6.07) is 0. The Balaban J connectivity index is 0.000000301. The summed E-state index contributed by atoms with van der Waals surface area (Å²) in [5.41, 5.74) is 0. The van der Waals surface area contributed by atoms with Crippen molar-refractivity contribution in [3.63, 3.8) is 0 Å². The van der Waals surface area contributed by atoms with E-state index in [1.54, 1.807) is 13.8 Å². The van der Waals surface area contributed by atoms with Crippen molar-refractivity contribution in [2.75, 3.05) is 20.3 Å². The van der Waals surface area contributed by atoms with Gasteiger partial charge in [0, 0.05) is 0 Å². The van der Waals surface area contributed by atoms with E-state index in [9.17, 15) is 13.5 Å². The first kappa shape index (κ1) is 19.9. The Morgan fingerprint density at radius 3 is 2.25 bits per heavy atom. The third kappa shape index (κ3) is 4.23. The van der Waals surface area contributed by atoms with Gasteiger partial charge in [0.1, 0.15) is 24.9 Å². The number of hydrogen-bond acceptors (Lipinski definition) is 9. The molecule has 3 heterocycles. The molecule has 0 aromatic carbocycles. The highest BCUT2D eigenvalue weighted by atomic mass is 32.2. The van der Waals surface area contributed by atoms with Gasteiger partial charge in [-0.15, -0.1) is 0 Å². The van der Waals surface area contributed by atoms with Crippen molar-refractivity contribution in [1.82, 2.24) is 0 Å². The molecule has 142 valence electrons. The van der Waals surface area contributed by atoms with Crippen molar-refractivity contribution in [1.29, 1.82) is 0 Å². The van der Waals surface area contributed by atoms with Gasteiger partial charge >= 0.3 is 10.3 Å². The first-order chi connectivity index (χ1) is 10.8. The molecular formula is C13H25NO9S. The molecule has 3 aliphatic rings. The molecule has 0 bridgehead atoms. The molecular weight excluding hydrogens is 346 g/mol. The van der Waals surface area contributed by atoms with Gasteiger partial charge in [-0.3, -0.25) is 4.18 Å². The number of aliphatic hydroxyl groups excluding tert-OH is 1. The molecule has 0 amide bonds. The van der Waals surface area contributed by atoms with Crippen molar-refractivity contribution in [2.24, 2.45) is 5.14 Å². The maximum absolute atomic E-state index is 9.61. The molecule has 0 saturated carbocycles. The molecule has 3 aliphatic heterocycles. The van der Waals surface area contributed by atoms with E-state index in [1.165, 1.54) is 0 Å². The molecule has 3 fully saturated rings. The number of ether oxygens (including phenoxy) is 5. The van der Waals surface area contributed by atoms with Crippen LogP contribution in [0.1, 0.15) is 27.7 Å². The van der Waals surface area contributed by atoms with Crippen LogP contribution >= 0.6 is 0 Å². The van der Waals surface area contributed by atoms with Crippen molar-refractivity contribution in [2.45, 2.75) is 63.4 Å². The Bertz CT molecular complexity index is 564. The summed E-state index contributed by atoms with van der Waals surface area (Å²) >= 11 is 0. The van der Waals surface area contributed by atoms with Crippen LogP contribution in [0.3, 0.4) is 0 Å². The second-order valence-corrected chi connectivity index (χ2v) is 7.94. The van der Waals surface area contributed by atoms with Gasteiger partial charge in [0.15, 0.2) is 11.6 Å². The van der Waals surface area contributed by atoms with Crippen molar-refractivity contribution in [3.05, 3.63) is 0 Å². The predicted octanol–water partition coefficient (Wildman–Crippen LogP) is -0.787. The molecule has 3 rings (SSSR count). The lowest BCUT2D eigenvalue weighted by Crippen LogP contribution is -2.60. The first-order valence-electron chi connectivity index (χ1n) is 7.40. The van der Waals surface area contributed by atoms with Gasteiger partial charge in [-0.25, -0.2) is 5.14 Å². The highest BCUT2D eigenvalue weighted by Crippen LogP contribution is 2.47. The molecule has 0 aliphatic carbocycles. The molecule has 0 spiro atoms. The zero-order valence-corrected chi connectivity index (χ0v) is 15.2. The summed E-state index contributed by atoms with van der Waals surface area (Å²) in [5.74, 6) is -2.62. The Kier molecular flexibility index (Phi) is 5.33. The number of nitrogens with two attached hydrogens (primary N) is 1. The van der Waals surface area contributed by atoms with Gasteiger partial charge in [-0.1, -0.05) is 0 Å². The summed E-state index contributed by atoms with van der Waals surface area (Å²) in [7, 11) is -2.67. The molecule has 24 heavy (non-hydrogen) atoms. The molecule has 3 saturated heterocycles. The van der Waals surface area contributed by atoms with Crippen LogP contribution in [0.5, 0.6) is 0 Å². The zero-order chi connectivity index (χ0) is 18.4. The molecule has 3 N–H and O–H groups in total. The van der Waals surface area contributed by atoms with Crippen molar-refractivity contribution < 1.29 is 41.4 Å². The van der Waals surface area contributed by atoms with Gasteiger partial charge in [-0.05, 0) is 27.7 Å². The highest BCUT2D eigenvalue weighted by molar-refractivity contribution is 7.84. The van der Waals surface area contributed by atoms with E-state index in [1.807, 2.05) is 13.8 Å². The Morgan fingerprint density at radius 1 is 1.17 bits per heavy atom. The Morgan fingerprint density at radius 2 is 1.75 bits per heavy atom. The van der Waals surface area contributed by atoms with Crippen LogP contribution in [-0.4, -0.2) is 69.5 Å². The summed E-state index contributed by atoms with van der Waals surface area (Å²) in [6.45, 7) is 7.35. The SMILES string of the molecule is CC1(C)O[C@@H]2[C@@H](CO[C@@]3(CO)OC(C)(C)O[C@@H]23)O1.COS(N)(=O)=O. The fourth-order valence-corrected chi connectivity index (χ4v) is 2.96. The molecule has 0 unspecified atom stereocenters. The molecule has 10 nitrogen and oxygen atoms in total. The van der Waals surface area contributed by atoms with Gasteiger partial charge in [-0.2, -0.15) is 8.42 Å². The third-order valence-electron chi connectivity index (χ3n) is 3.73. The third-order valence-corrected chi connectivity index (χ3v) is 4.19. The van der Waals surface area contributed by atoms with Crippen LogP contribution in [-0.2, 0) is 38.2 Å². The zero-order valence-electron chi connectivity index (χ0n) is 14.3. The van der Waals surface area contributed by atoms with E-state index in [0.29, 0.717) is 6.61 Å². The van der Waals surface area contributed by atoms with E-state index < -0.39 is 33.8 Å². The minimum Gasteiger partial charge on any atom is -0.391 e. The average molecular weight is 371 g/mol. The highest BCUT2D eigenvalue weighted by Gasteiger charge is 2.65. The fraction of sp³-hybridized carbons (Fsp3) is 1.00. The maximum atomic E-state index is 9.61. The lowest BCUT2D eigenvalue weighted by Gasteiger charge is -2.39. The monoisotopic (exact) mass is 371 g/mol. The molecule has 0 aromatic rings. The summed E-state index contributed by atoms with van der Waals surface area (Å²) < 4.78 is 51.7. The van der Waals surface area contributed by atoms with Crippen molar-refractivity contribution >= 4 is 10.3 Å². The van der Waals surface area contributed by atoms with E-state index >= 15 is 0 Å². The quantitative estimate of drug-likeness (QED) is 0.640. The predicted molar refractivity (Wildman–Crippen MR) is 79.7 cm³/mol. The fourth-order valence-electron chi connectivity index (χ4n) is 2.96. The van der Waals surface area contributed by atoms with E-state index in [-0.39, 0.29) is 18.8 Å². The van der Waals surface area contributed by atoms with Crippen LogP contribution in [0.4, 0.5) is 0 Å². The molecule has 0 aromatic heterocycles. The lowest BCUT2D eigenvalue weighted by molar-refractivity contribution is -0.294. The number of aliphatic hydroxyl groups is 1. The van der Waals surface area contributed by atoms with Gasteiger partial charge in [0.2, 0.25) is 5.79 Å². The Hall–Kier alpha value is -0.370. The van der Waals surface area contributed by atoms with Crippen LogP contribution in [0, 0.1) is 0 Å². The van der Waals surface area contributed by atoms with Gasteiger partial charge in [0.25, 0.3) is 0 Å². The largest absolute Gasteiger partial charge is 0.391 e. The number of hydrogen-bond donors (Lipinski definition) is 2. The smallest absolute Gasteiger partial charge is 0.333 e. The minimum atomic E-state index is -3.66. The number of rotatable bonds is 2. The van der Waals surface area contributed by atoms with E-state index in [4.69, 9.17) is 23.7 Å². The minimum absolute atomic E-state index is 0.192. The van der Waals surface area contributed by atoms with Crippen LogP contribution < -0.4 is 5.14 Å². The standard InChI is InChI=1S/C12H20O6.CH5NO3S/c1-10(2)15-7-5-14-12(6-13)9(8(7)16-10)17-11(3,4)18-12;1-5-6(2,3)4/h7-9,13H,5-6H2,1-4H3;1H3,(H2,2,3,4)/t7-,8-,9+,12+;/m1./s1. The molecule has 4 atom stereocenters. The van der Waals surface area contributed by atoms with E-state index in [0.717, 1.165) is 7.11 Å². The summed E-state index contributed by atoms with van der Waals surface area (Å²) in [6.07, 6.45) is -0.970. The summed E-state index contributed by atoms with van der Waals surface area (Å²) in [5, 5.41) is 13.9. The first-order valence-corrected chi connectivity index (χ1v) is 8.87. The topological polar surface area (TPSA) is 136 Å². The second kappa shape index (κ2) is 6.41. The van der Waals surface area contributed by atoms with Gasteiger partial charge in [0.05, 0.1) is 13.7 Å². The number of fused-ring (bicyclic) bond motifs is 3. The summed E-state index contributed by atoms with van der Waals surface area (Å²) in [4.78, 5) is 0. The van der Waals surface area contributed by atoms with Gasteiger partial charge < -0.3 is 28.8 Å². The van der Waals surface area contributed by atoms with Crippen molar-refractivity contribution in [3.8, 4) is 0 Å². The molecule has 11 heteroatoms. The average Bonchev–Trinajstić information content (AvgIpc) is 2.90. The maximum Gasteiger partial charge on any atom is 0.333 e.